The predicted octanol–water partition coefficient (Wildman–Crippen LogP) is 2.60. The van der Waals surface area contributed by atoms with Crippen molar-refractivity contribution in [2.24, 2.45) is 0 Å². The Kier molecular flexibility index (Phi) is 4.39. The van der Waals surface area contributed by atoms with E-state index in [1.807, 2.05) is 0 Å². The molecular formula is C22H18O9. The molecule has 0 amide bonds. The number of benzene rings is 2. The molecule has 1 aromatic heterocycles. The van der Waals surface area contributed by atoms with E-state index in [1.165, 1.54) is 21.3 Å². The fourth-order valence-electron chi connectivity index (χ4n) is 4.14. The van der Waals surface area contributed by atoms with Crippen molar-refractivity contribution >= 4 is 16.9 Å². The van der Waals surface area contributed by atoms with Gasteiger partial charge in [-0.05, 0) is 18.2 Å². The van der Waals surface area contributed by atoms with E-state index in [1.54, 1.807) is 30.3 Å². The maximum atomic E-state index is 13.0. The van der Waals surface area contributed by atoms with Gasteiger partial charge in [-0.2, -0.15) is 0 Å². The van der Waals surface area contributed by atoms with Crippen LogP contribution in [-0.2, 0) is 9.53 Å². The van der Waals surface area contributed by atoms with Gasteiger partial charge in [-0.15, -0.1) is 0 Å². The summed E-state index contributed by atoms with van der Waals surface area (Å²) >= 11 is 0. The normalized spacial score (nSPS) is 18.4. The summed E-state index contributed by atoms with van der Waals surface area (Å²) in [4.78, 5) is 25.7. The topological polar surface area (TPSA) is 103 Å². The third-order valence-corrected chi connectivity index (χ3v) is 5.44. The molecule has 0 saturated carbocycles. The van der Waals surface area contributed by atoms with Crippen molar-refractivity contribution in [1.29, 1.82) is 0 Å². The molecule has 0 N–H and O–H groups in total. The lowest BCUT2D eigenvalue weighted by atomic mass is 9.87. The fraction of sp³-hybridized carbons (Fsp3) is 0.273. The van der Waals surface area contributed by atoms with Gasteiger partial charge in [-0.3, -0.25) is 0 Å². The van der Waals surface area contributed by atoms with Crippen LogP contribution in [0.5, 0.6) is 28.7 Å². The van der Waals surface area contributed by atoms with Crippen LogP contribution in [0.25, 0.3) is 11.0 Å². The molecule has 0 fully saturated rings. The number of esters is 1. The van der Waals surface area contributed by atoms with Crippen molar-refractivity contribution in [2.75, 3.05) is 28.1 Å². The molecule has 31 heavy (non-hydrogen) atoms. The van der Waals surface area contributed by atoms with Gasteiger partial charge in [0, 0.05) is 5.56 Å². The minimum atomic E-state index is -1.15. The van der Waals surface area contributed by atoms with Crippen molar-refractivity contribution in [1.82, 2.24) is 0 Å². The van der Waals surface area contributed by atoms with Gasteiger partial charge < -0.3 is 32.8 Å². The van der Waals surface area contributed by atoms with Crippen LogP contribution in [0.15, 0.2) is 39.5 Å². The highest BCUT2D eigenvalue weighted by atomic mass is 16.7. The molecule has 160 valence electrons. The Morgan fingerprint density at radius 3 is 2.55 bits per heavy atom. The Labute approximate surface area is 176 Å². The van der Waals surface area contributed by atoms with Gasteiger partial charge in [0.05, 0.1) is 38.2 Å². The first-order valence-corrected chi connectivity index (χ1v) is 9.43. The first-order valence-electron chi connectivity index (χ1n) is 9.43. The van der Waals surface area contributed by atoms with Gasteiger partial charge in [0.15, 0.2) is 11.5 Å². The Morgan fingerprint density at radius 1 is 1.03 bits per heavy atom. The Balaban J connectivity index is 1.82. The van der Waals surface area contributed by atoms with Crippen molar-refractivity contribution in [3.63, 3.8) is 0 Å². The first-order chi connectivity index (χ1) is 15.1. The Bertz CT molecular complexity index is 1260. The zero-order valence-electron chi connectivity index (χ0n) is 16.9. The second-order valence-corrected chi connectivity index (χ2v) is 6.93. The van der Waals surface area contributed by atoms with Gasteiger partial charge in [0.25, 0.3) is 0 Å². The molecule has 2 aromatic carbocycles. The molecule has 3 heterocycles. The summed E-state index contributed by atoms with van der Waals surface area (Å²) < 4.78 is 38.6. The molecule has 5 rings (SSSR count). The van der Waals surface area contributed by atoms with Gasteiger partial charge in [-0.1, -0.05) is 12.1 Å². The van der Waals surface area contributed by atoms with Crippen LogP contribution in [0.1, 0.15) is 17.0 Å². The quantitative estimate of drug-likeness (QED) is 0.460. The van der Waals surface area contributed by atoms with Crippen LogP contribution < -0.4 is 29.3 Å². The van der Waals surface area contributed by atoms with Crippen molar-refractivity contribution in [2.45, 2.75) is 12.0 Å². The summed E-state index contributed by atoms with van der Waals surface area (Å²) in [6.45, 7) is 0.00324. The number of hydrogen-bond acceptors (Lipinski definition) is 9. The van der Waals surface area contributed by atoms with E-state index in [-0.39, 0.29) is 29.6 Å². The number of rotatable bonds is 4. The summed E-state index contributed by atoms with van der Waals surface area (Å²) in [6, 6.07) is 8.60. The van der Waals surface area contributed by atoms with Gasteiger partial charge in [0.2, 0.25) is 24.4 Å². The lowest BCUT2D eigenvalue weighted by molar-refractivity contribution is -0.148. The number of ether oxygens (including phenoxy) is 6. The maximum Gasteiger partial charge on any atom is 0.348 e. The molecule has 0 unspecified atom stereocenters. The van der Waals surface area contributed by atoms with Crippen LogP contribution >= 0.6 is 0 Å². The SMILES string of the molecule is COC(=O)[C@@H]1Oc2c(c(=O)oc3ccccc23)[C@H]1c1cc2c(c(OC)c1OC)OCO2. The van der Waals surface area contributed by atoms with Crippen LogP contribution in [0.3, 0.4) is 0 Å². The minimum Gasteiger partial charge on any atom is -0.492 e. The van der Waals surface area contributed by atoms with Gasteiger partial charge in [0.1, 0.15) is 11.3 Å². The van der Waals surface area contributed by atoms with Gasteiger partial charge in [-0.25, -0.2) is 9.59 Å². The fourth-order valence-corrected chi connectivity index (χ4v) is 4.14. The Morgan fingerprint density at radius 2 is 1.81 bits per heavy atom. The van der Waals surface area contributed by atoms with E-state index in [9.17, 15) is 9.59 Å². The highest BCUT2D eigenvalue weighted by molar-refractivity contribution is 5.89. The third-order valence-electron chi connectivity index (χ3n) is 5.44. The number of methoxy groups -OCH3 is 3. The molecule has 0 radical (unpaired) electrons. The monoisotopic (exact) mass is 426 g/mol. The minimum absolute atomic E-state index is 0.00324. The standard InChI is InChI=1S/C22H18O9/c1-25-17-11(8-13-18(20(17)26-2)29-9-28-13)14-15-16(31-19(14)22(24)27-3)10-6-4-5-7-12(10)30-21(15)23/h4-8,14,19H,9H2,1-3H3/t14-,19-/m1/s1. The average molecular weight is 426 g/mol. The molecule has 0 aliphatic carbocycles. The molecule has 0 saturated heterocycles. The van der Waals surface area contributed by atoms with Crippen LogP contribution in [0.4, 0.5) is 0 Å². The van der Waals surface area contributed by atoms with E-state index in [4.69, 9.17) is 32.8 Å². The molecule has 3 aromatic rings. The zero-order chi connectivity index (χ0) is 21.7. The lowest BCUT2D eigenvalue weighted by Crippen LogP contribution is -2.32. The number of hydrogen-bond donors (Lipinski definition) is 0. The largest absolute Gasteiger partial charge is 0.492 e. The molecular weight excluding hydrogens is 408 g/mol. The molecule has 0 bridgehead atoms. The zero-order valence-corrected chi connectivity index (χ0v) is 16.9. The number of para-hydroxylation sites is 1. The highest BCUT2D eigenvalue weighted by Crippen LogP contribution is 2.54. The lowest BCUT2D eigenvalue weighted by Gasteiger charge is -2.21. The van der Waals surface area contributed by atoms with Gasteiger partial charge >= 0.3 is 11.6 Å². The van der Waals surface area contributed by atoms with E-state index < -0.39 is 23.6 Å². The van der Waals surface area contributed by atoms with E-state index in [0.29, 0.717) is 28.0 Å². The average Bonchev–Trinajstić information content (AvgIpc) is 3.42. The van der Waals surface area contributed by atoms with Crippen LogP contribution in [0.2, 0.25) is 0 Å². The smallest absolute Gasteiger partial charge is 0.348 e. The van der Waals surface area contributed by atoms with Crippen LogP contribution in [0, 0.1) is 0 Å². The molecule has 0 spiro atoms. The molecule has 9 heteroatoms. The Hall–Kier alpha value is -3.88. The second kappa shape index (κ2) is 7.12. The summed E-state index contributed by atoms with van der Waals surface area (Å²) in [5.74, 6) is 0.0812. The molecule has 2 aliphatic rings. The number of carbonyl (C=O) groups is 1. The molecule has 9 nitrogen and oxygen atoms in total. The number of carbonyl (C=O) groups excluding carboxylic acids is 1. The summed E-state index contributed by atoms with van der Waals surface area (Å²) in [7, 11) is 4.17. The van der Waals surface area contributed by atoms with Crippen molar-refractivity contribution in [3.8, 4) is 28.7 Å². The third kappa shape index (κ3) is 2.69. The molecule has 2 atom stereocenters. The summed E-state index contributed by atoms with van der Waals surface area (Å²) in [6.07, 6.45) is -1.15. The van der Waals surface area contributed by atoms with Crippen molar-refractivity contribution in [3.05, 3.63) is 51.9 Å². The maximum absolute atomic E-state index is 13.0. The second-order valence-electron chi connectivity index (χ2n) is 6.93. The predicted molar refractivity (Wildman–Crippen MR) is 106 cm³/mol. The van der Waals surface area contributed by atoms with E-state index >= 15 is 0 Å². The summed E-state index contributed by atoms with van der Waals surface area (Å²) in [5.41, 5.74) is 0.364. The molecule has 2 aliphatic heterocycles. The highest BCUT2D eigenvalue weighted by Gasteiger charge is 2.47. The first kappa shape index (κ1) is 19.1. The van der Waals surface area contributed by atoms with E-state index in [2.05, 4.69) is 0 Å². The summed E-state index contributed by atoms with van der Waals surface area (Å²) in [5, 5.41) is 0.570. The van der Waals surface area contributed by atoms with E-state index in [0.717, 1.165) is 0 Å². The van der Waals surface area contributed by atoms with Crippen LogP contribution in [-0.4, -0.2) is 40.2 Å². The number of fused-ring (bicyclic) bond motifs is 4. The van der Waals surface area contributed by atoms with Crippen molar-refractivity contribution < 1.29 is 37.6 Å².